The molecule has 1 aliphatic carbocycles. The number of pyridine rings is 2. The van der Waals surface area contributed by atoms with Crippen molar-refractivity contribution >= 4 is 17.0 Å². The van der Waals surface area contributed by atoms with Crippen LogP contribution in [0.5, 0.6) is 5.88 Å². The lowest BCUT2D eigenvalue weighted by Crippen LogP contribution is -2.36. The maximum atomic E-state index is 12.3. The van der Waals surface area contributed by atoms with Gasteiger partial charge in [0.05, 0.1) is 12.5 Å². The first-order valence-corrected chi connectivity index (χ1v) is 13.6. The molecule has 2 aliphatic rings. The molecular weight excluding hydrogens is 454 g/mol. The highest BCUT2D eigenvalue weighted by Crippen LogP contribution is 2.38. The van der Waals surface area contributed by atoms with Crippen molar-refractivity contribution in [1.29, 1.82) is 0 Å². The fourth-order valence-electron chi connectivity index (χ4n) is 5.49. The average molecular weight is 498 g/mol. The molecule has 0 radical (unpaired) electrons. The SMILES string of the molecule is COCCCOC(=O)C1CCN(Cc2cnc3nc(O[C@H]4CC[C@H](C(C)(C)C)CC4)ccc3c2)CC1. The Labute approximate surface area is 215 Å². The van der Waals surface area contributed by atoms with Gasteiger partial charge in [-0.2, -0.15) is 4.98 Å². The number of rotatable bonds is 9. The summed E-state index contributed by atoms with van der Waals surface area (Å²) in [5.74, 6) is 1.39. The molecule has 0 atom stereocenters. The predicted molar refractivity (Wildman–Crippen MR) is 141 cm³/mol. The number of nitrogens with zero attached hydrogens (tertiary/aromatic N) is 3. The molecule has 1 aliphatic heterocycles. The summed E-state index contributed by atoms with van der Waals surface area (Å²) in [5, 5.41) is 1.03. The van der Waals surface area contributed by atoms with Gasteiger partial charge in [-0.15, -0.1) is 0 Å². The summed E-state index contributed by atoms with van der Waals surface area (Å²) >= 11 is 0. The maximum Gasteiger partial charge on any atom is 0.309 e. The van der Waals surface area contributed by atoms with Crippen LogP contribution in [0.2, 0.25) is 0 Å². The van der Waals surface area contributed by atoms with Gasteiger partial charge in [0.25, 0.3) is 0 Å². The van der Waals surface area contributed by atoms with E-state index in [-0.39, 0.29) is 18.0 Å². The van der Waals surface area contributed by atoms with Crippen LogP contribution in [0.25, 0.3) is 11.0 Å². The number of esters is 1. The third-order valence-corrected chi connectivity index (χ3v) is 7.82. The highest BCUT2D eigenvalue weighted by atomic mass is 16.5. The van der Waals surface area contributed by atoms with E-state index in [9.17, 15) is 4.79 Å². The highest BCUT2D eigenvalue weighted by molar-refractivity contribution is 5.75. The molecule has 0 spiro atoms. The van der Waals surface area contributed by atoms with E-state index in [1.54, 1.807) is 7.11 Å². The van der Waals surface area contributed by atoms with Gasteiger partial charge in [0.1, 0.15) is 6.10 Å². The zero-order chi connectivity index (χ0) is 25.5. The average Bonchev–Trinajstić information content (AvgIpc) is 2.87. The van der Waals surface area contributed by atoms with Crippen molar-refractivity contribution in [2.24, 2.45) is 17.3 Å². The molecule has 198 valence electrons. The number of methoxy groups -OCH3 is 1. The smallest absolute Gasteiger partial charge is 0.309 e. The molecule has 0 bridgehead atoms. The van der Waals surface area contributed by atoms with E-state index in [0.717, 1.165) is 68.7 Å². The Morgan fingerprint density at radius 2 is 1.81 bits per heavy atom. The zero-order valence-corrected chi connectivity index (χ0v) is 22.5. The maximum absolute atomic E-state index is 12.3. The van der Waals surface area contributed by atoms with E-state index in [4.69, 9.17) is 14.2 Å². The largest absolute Gasteiger partial charge is 0.474 e. The van der Waals surface area contributed by atoms with Crippen molar-refractivity contribution in [2.75, 3.05) is 33.4 Å². The van der Waals surface area contributed by atoms with Crippen LogP contribution in [0.15, 0.2) is 24.4 Å². The van der Waals surface area contributed by atoms with Crippen molar-refractivity contribution in [3.05, 3.63) is 30.0 Å². The van der Waals surface area contributed by atoms with Crippen LogP contribution in [0.1, 0.15) is 71.3 Å². The van der Waals surface area contributed by atoms with Gasteiger partial charge in [-0.1, -0.05) is 20.8 Å². The molecule has 7 heteroatoms. The van der Waals surface area contributed by atoms with E-state index in [2.05, 4.69) is 47.8 Å². The number of hydrogen-bond acceptors (Lipinski definition) is 7. The summed E-state index contributed by atoms with van der Waals surface area (Å²) in [4.78, 5) is 24.0. The minimum atomic E-state index is -0.0653. The van der Waals surface area contributed by atoms with E-state index in [1.807, 2.05) is 12.3 Å². The minimum absolute atomic E-state index is 0.00431. The summed E-state index contributed by atoms with van der Waals surface area (Å²) in [5.41, 5.74) is 2.27. The van der Waals surface area contributed by atoms with Crippen molar-refractivity contribution < 1.29 is 19.0 Å². The van der Waals surface area contributed by atoms with Gasteiger partial charge >= 0.3 is 5.97 Å². The molecule has 2 aromatic rings. The number of piperidine rings is 1. The highest BCUT2D eigenvalue weighted by Gasteiger charge is 2.30. The van der Waals surface area contributed by atoms with E-state index < -0.39 is 0 Å². The van der Waals surface area contributed by atoms with E-state index in [1.165, 1.54) is 18.4 Å². The third-order valence-electron chi connectivity index (χ3n) is 7.82. The number of likely N-dealkylation sites (tertiary alicyclic amines) is 1. The van der Waals surface area contributed by atoms with Gasteiger partial charge in [-0.25, -0.2) is 4.98 Å². The standard InChI is InChI=1S/C29H43N3O4/c1-29(2,3)24-7-9-25(10-8-24)36-26-11-6-23-18-21(19-30-27(23)31-26)20-32-14-12-22(13-15-32)28(33)35-17-5-16-34-4/h6,11,18-19,22,24-25H,5,7-10,12-17,20H2,1-4H3/t24-,25-. The van der Waals surface area contributed by atoms with Gasteiger partial charge in [0.15, 0.2) is 5.65 Å². The lowest BCUT2D eigenvalue weighted by molar-refractivity contribution is -0.150. The molecule has 2 aromatic heterocycles. The number of carbonyl (C=O) groups excluding carboxylic acids is 1. The second-order valence-electron chi connectivity index (χ2n) is 11.6. The molecule has 3 heterocycles. The van der Waals surface area contributed by atoms with Crippen molar-refractivity contribution in [3.8, 4) is 5.88 Å². The Bertz CT molecular complexity index is 990. The molecule has 0 N–H and O–H groups in total. The van der Waals surface area contributed by atoms with Crippen LogP contribution in [0.4, 0.5) is 0 Å². The van der Waals surface area contributed by atoms with E-state index in [0.29, 0.717) is 24.5 Å². The van der Waals surface area contributed by atoms with Crippen LogP contribution in [-0.2, 0) is 20.8 Å². The second-order valence-corrected chi connectivity index (χ2v) is 11.6. The van der Waals surface area contributed by atoms with Gasteiger partial charge in [0, 0.05) is 44.3 Å². The predicted octanol–water partition coefficient (Wildman–Crippen LogP) is 5.41. The van der Waals surface area contributed by atoms with Gasteiger partial charge < -0.3 is 14.2 Å². The third kappa shape index (κ3) is 7.39. The molecule has 0 unspecified atom stereocenters. The van der Waals surface area contributed by atoms with Crippen LogP contribution in [0, 0.1) is 17.3 Å². The molecule has 0 amide bonds. The first-order valence-electron chi connectivity index (χ1n) is 13.6. The number of carbonyl (C=O) groups is 1. The monoisotopic (exact) mass is 497 g/mol. The second kappa shape index (κ2) is 12.3. The summed E-state index contributed by atoms with van der Waals surface area (Å²) in [7, 11) is 1.66. The summed E-state index contributed by atoms with van der Waals surface area (Å²) in [6.45, 7) is 10.7. The Kier molecular flexibility index (Phi) is 9.18. The van der Waals surface area contributed by atoms with Crippen LogP contribution in [-0.4, -0.2) is 60.4 Å². The van der Waals surface area contributed by atoms with Crippen molar-refractivity contribution in [1.82, 2.24) is 14.9 Å². The Morgan fingerprint density at radius 3 is 2.50 bits per heavy atom. The number of hydrogen-bond donors (Lipinski definition) is 0. The van der Waals surface area contributed by atoms with Crippen LogP contribution >= 0.6 is 0 Å². The number of fused-ring (bicyclic) bond motifs is 1. The molecule has 1 saturated heterocycles. The normalized spacial score (nSPS) is 22.0. The minimum Gasteiger partial charge on any atom is -0.474 e. The quantitative estimate of drug-likeness (QED) is 0.339. The number of aromatic nitrogens is 2. The Morgan fingerprint density at radius 1 is 1.06 bits per heavy atom. The fourth-order valence-corrected chi connectivity index (χ4v) is 5.49. The first kappa shape index (κ1) is 26.8. The number of ether oxygens (including phenoxy) is 3. The van der Waals surface area contributed by atoms with Crippen LogP contribution < -0.4 is 4.74 Å². The van der Waals surface area contributed by atoms with Crippen molar-refractivity contribution in [3.63, 3.8) is 0 Å². The van der Waals surface area contributed by atoms with Crippen LogP contribution in [0.3, 0.4) is 0 Å². The summed E-state index contributed by atoms with van der Waals surface area (Å²) < 4.78 is 16.6. The Balaban J connectivity index is 1.25. The molecule has 2 fully saturated rings. The van der Waals surface area contributed by atoms with E-state index >= 15 is 0 Å². The van der Waals surface area contributed by atoms with Gasteiger partial charge in [-0.05, 0) is 80.6 Å². The topological polar surface area (TPSA) is 73.8 Å². The molecule has 36 heavy (non-hydrogen) atoms. The van der Waals surface area contributed by atoms with Gasteiger partial charge in [-0.3, -0.25) is 9.69 Å². The molecule has 4 rings (SSSR count). The van der Waals surface area contributed by atoms with Crippen molar-refractivity contribution in [2.45, 2.75) is 78.4 Å². The lowest BCUT2D eigenvalue weighted by Gasteiger charge is -2.36. The summed E-state index contributed by atoms with van der Waals surface area (Å²) in [6, 6.07) is 6.22. The zero-order valence-electron chi connectivity index (χ0n) is 22.5. The lowest BCUT2D eigenvalue weighted by atomic mass is 9.72. The molecule has 7 nitrogen and oxygen atoms in total. The molecule has 1 saturated carbocycles. The molecular formula is C29H43N3O4. The Hall–Kier alpha value is -2.25. The molecule has 0 aromatic carbocycles. The summed E-state index contributed by atoms with van der Waals surface area (Å²) in [6.07, 6.45) is 9.21. The fraction of sp³-hybridized carbons (Fsp3) is 0.690. The first-order chi connectivity index (χ1) is 17.3. The van der Waals surface area contributed by atoms with Gasteiger partial charge in [0.2, 0.25) is 5.88 Å².